The number of rotatable bonds is 4. The van der Waals surface area contributed by atoms with E-state index in [2.05, 4.69) is 10.3 Å². The highest BCUT2D eigenvalue weighted by molar-refractivity contribution is 5.80. The third-order valence-electron chi connectivity index (χ3n) is 4.29. The van der Waals surface area contributed by atoms with Gasteiger partial charge in [0.15, 0.2) is 0 Å². The van der Waals surface area contributed by atoms with Gasteiger partial charge in [0.25, 0.3) is 0 Å². The Morgan fingerprint density at radius 3 is 3.09 bits per heavy atom. The maximum absolute atomic E-state index is 12.3. The molecule has 0 spiro atoms. The SMILES string of the molecule is CO[C@@H]1CCC[C@@H](NC(=O)Cn2cnc3ccccc32)[C@H]1O. The Bertz CT molecular complexity index is 655. The number of methoxy groups -OCH3 is 1. The molecule has 2 N–H and O–H groups in total. The Balaban J connectivity index is 1.65. The molecule has 1 aromatic heterocycles. The molecule has 1 fully saturated rings. The van der Waals surface area contributed by atoms with Crippen molar-refractivity contribution in [3.05, 3.63) is 30.6 Å². The van der Waals surface area contributed by atoms with Gasteiger partial charge < -0.3 is 19.7 Å². The second kappa shape index (κ2) is 6.46. The smallest absolute Gasteiger partial charge is 0.240 e. The molecule has 22 heavy (non-hydrogen) atoms. The topological polar surface area (TPSA) is 76.4 Å². The van der Waals surface area contributed by atoms with Crippen LogP contribution in [0.1, 0.15) is 19.3 Å². The first-order valence-electron chi connectivity index (χ1n) is 7.59. The number of hydrogen-bond acceptors (Lipinski definition) is 4. The van der Waals surface area contributed by atoms with Crippen LogP contribution >= 0.6 is 0 Å². The van der Waals surface area contributed by atoms with Crippen LogP contribution in [-0.4, -0.2) is 45.9 Å². The normalized spacial score (nSPS) is 25.3. The van der Waals surface area contributed by atoms with Crippen LogP contribution < -0.4 is 5.32 Å². The maximum Gasteiger partial charge on any atom is 0.240 e. The van der Waals surface area contributed by atoms with Gasteiger partial charge in [-0.1, -0.05) is 12.1 Å². The summed E-state index contributed by atoms with van der Waals surface area (Å²) < 4.78 is 7.08. The van der Waals surface area contributed by atoms with Crippen LogP contribution in [0.2, 0.25) is 0 Å². The van der Waals surface area contributed by atoms with Crippen molar-refractivity contribution in [1.29, 1.82) is 0 Å². The van der Waals surface area contributed by atoms with Crippen molar-refractivity contribution in [3.63, 3.8) is 0 Å². The second-order valence-corrected chi connectivity index (χ2v) is 5.73. The molecule has 118 valence electrons. The Hall–Kier alpha value is -1.92. The van der Waals surface area contributed by atoms with Gasteiger partial charge in [-0.2, -0.15) is 0 Å². The molecular weight excluding hydrogens is 282 g/mol. The van der Waals surface area contributed by atoms with E-state index in [-0.39, 0.29) is 24.6 Å². The van der Waals surface area contributed by atoms with E-state index in [9.17, 15) is 9.90 Å². The summed E-state index contributed by atoms with van der Waals surface area (Å²) in [4.78, 5) is 16.5. The number of nitrogens with zero attached hydrogens (tertiary/aromatic N) is 2. The molecule has 6 nitrogen and oxygen atoms in total. The summed E-state index contributed by atoms with van der Waals surface area (Å²) in [6.45, 7) is 0.196. The number of para-hydroxylation sites is 2. The molecule has 0 bridgehead atoms. The highest BCUT2D eigenvalue weighted by atomic mass is 16.5. The quantitative estimate of drug-likeness (QED) is 0.886. The fourth-order valence-electron chi connectivity index (χ4n) is 3.10. The zero-order chi connectivity index (χ0) is 15.5. The van der Waals surface area contributed by atoms with Crippen molar-refractivity contribution >= 4 is 16.9 Å². The molecule has 1 aliphatic rings. The number of aliphatic hydroxyl groups is 1. The van der Waals surface area contributed by atoms with Gasteiger partial charge in [-0.15, -0.1) is 0 Å². The van der Waals surface area contributed by atoms with Gasteiger partial charge in [0, 0.05) is 7.11 Å². The molecule has 1 saturated carbocycles. The van der Waals surface area contributed by atoms with Crippen LogP contribution in [0.25, 0.3) is 11.0 Å². The van der Waals surface area contributed by atoms with E-state index >= 15 is 0 Å². The zero-order valence-electron chi connectivity index (χ0n) is 12.6. The van der Waals surface area contributed by atoms with Crippen LogP contribution in [0.15, 0.2) is 30.6 Å². The molecule has 1 heterocycles. The number of carbonyl (C=O) groups excluding carboxylic acids is 1. The maximum atomic E-state index is 12.3. The largest absolute Gasteiger partial charge is 0.388 e. The van der Waals surface area contributed by atoms with Gasteiger partial charge in [0.05, 0.1) is 29.5 Å². The van der Waals surface area contributed by atoms with Gasteiger partial charge in [0.1, 0.15) is 12.6 Å². The van der Waals surface area contributed by atoms with E-state index in [1.807, 2.05) is 28.8 Å². The van der Waals surface area contributed by atoms with Crippen molar-refractivity contribution in [2.24, 2.45) is 0 Å². The summed E-state index contributed by atoms with van der Waals surface area (Å²) in [6.07, 6.45) is 3.36. The predicted octanol–water partition coefficient (Wildman–Crippen LogP) is 1.08. The average molecular weight is 303 g/mol. The molecule has 0 unspecified atom stereocenters. The average Bonchev–Trinajstić information content (AvgIpc) is 2.93. The van der Waals surface area contributed by atoms with Crippen LogP contribution in [0.5, 0.6) is 0 Å². The molecule has 1 aromatic carbocycles. The van der Waals surface area contributed by atoms with E-state index in [0.29, 0.717) is 0 Å². The van der Waals surface area contributed by atoms with E-state index in [4.69, 9.17) is 4.74 Å². The van der Waals surface area contributed by atoms with Crippen molar-refractivity contribution < 1.29 is 14.6 Å². The molecule has 0 aliphatic heterocycles. The first-order valence-corrected chi connectivity index (χ1v) is 7.59. The number of amides is 1. The van der Waals surface area contributed by atoms with Crippen LogP contribution in [0.4, 0.5) is 0 Å². The van der Waals surface area contributed by atoms with Crippen molar-refractivity contribution in [3.8, 4) is 0 Å². The number of benzene rings is 1. The highest BCUT2D eigenvalue weighted by Gasteiger charge is 2.32. The summed E-state index contributed by atoms with van der Waals surface area (Å²) >= 11 is 0. The number of aromatic nitrogens is 2. The zero-order valence-corrected chi connectivity index (χ0v) is 12.6. The molecular formula is C16H21N3O3. The molecule has 2 aromatic rings. The first-order chi connectivity index (χ1) is 10.7. The second-order valence-electron chi connectivity index (χ2n) is 5.73. The van der Waals surface area contributed by atoms with Crippen molar-refractivity contribution in [1.82, 2.24) is 14.9 Å². The Kier molecular flexibility index (Phi) is 4.40. The van der Waals surface area contributed by atoms with E-state index < -0.39 is 6.10 Å². The number of hydrogen-bond donors (Lipinski definition) is 2. The molecule has 3 atom stereocenters. The van der Waals surface area contributed by atoms with Gasteiger partial charge in [-0.25, -0.2) is 4.98 Å². The lowest BCUT2D eigenvalue weighted by Crippen LogP contribution is -2.52. The van der Waals surface area contributed by atoms with Crippen molar-refractivity contribution in [2.45, 2.75) is 44.1 Å². The molecule has 6 heteroatoms. The monoisotopic (exact) mass is 303 g/mol. The van der Waals surface area contributed by atoms with E-state index in [0.717, 1.165) is 30.3 Å². The minimum atomic E-state index is -0.651. The third-order valence-corrected chi connectivity index (χ3v) is 4.29. The van der Waals surface area contributed by atoms with Gasteiger partial charge in [-0.3, -0.25) is 4.79 Å². The number of nitrogens with one attached hydrogen (secondary N) is 1. The Morgan fingerprint density at radius 2 is 2.27 bits per heavy atom. The molecule has 0 radical (unpaired) electrons. The molecule has 0 saturated heterocycles. The standard InChI is InChI=1S/C16H21N3O3/c1-22-14-8-4-6-12(16(14)21)18-15(20)9-19-10-17-11-5-2-3-7-13(11)19/h2-3,5,7,10,12,14,16,21H,4,6,8-9H2,1H3,(H,18,20)/t12-,14-,16-/m1/s1. The minimum Gasteiger partial charge on any atom is -0.388 e. The number of aliphatic hydroxyl groups excluding tert-OH is 1. The molecule has 1 aliphatic carbocycles. The Labute approximate surface area is 129 Å². The lowest BCUT2D eigenvalue weighted by atomic mass is 9.90. The highest BCUT2D eigenvalue weighted by Crippen LogP contribution is 2.21. The van der Waals surface area contributed by atoms with Crippen LogP contribution in [0.3, 0.4) is 0 Å². The molecule has 3 rings (SSSR count). The van der Waals surface area contributed by atoms with Gasteiger partial charge >= 0.3 is 0 Å². The number of imidazole rings is 1. The number of carbonyl (C=O) groups is 1. The summed E-state index contributed by atoms with van der Waals surface area (Å²) in [6, 6.07) is 7.44. The van der Waals surface area contributed by atoms with Gasteiger partial charge in [0.2, 0.25) is 5.91 Å². The summed E-state index contributed by atoms with van der Waals surface area (Å²) in [5, 5.41) is 13.1. The minimum absolute atomic E-state index is 0.121. The fraction of sp³-hybridized carbons (Fsp3) is 0.500. The summed E-state index contributed by atoms with van der Waals surface area (Å²) in [5.41, 5.74) is 1.80. The lowest BCUT2D eigenvalue weighted by Gasteiger charge is -2.34. The summed E-state index contributed by atoms with van der Waals surface area (Å²) in [7, 11) is 1.59. The number of fused-ring (bicyclic) bond motifs is 1. The van der Waals surface area contributed by atoms with Crippen LogP contribution in [-0.2, 0) is 16.1 Å². The molecule has 1 amide bonds. The van der Waals surface area contributed by atoms with Crippen LogP contribution in [0, 0.1) is 0 Å². The third kappa shape index (κ3) is 2.98. The first kappa shape index (κ1) is 15.0. The fourth-order valence-corrected chi connectivity index (χ4v) is 3.10. The summed E-state index contributed by atoms with van der Waals surface area (Å²) in [5.74, 6) is -0.121. The predicted molar refractivity (Wildman–Crippen MR) is 82.3 cm³/mol. The van der Waals surface area contributed by atoms with Crippen molar-refractivity contribution in [2.75, 3.05) is 7.11 Å². The Morgan fingerprint density at radius 1 is 1.45 bits per heavy atom. The van der Waals surface area contributed by atoms with Gasteiger partial charge in [-0.05, 0) is 31.4 Å². The lowest BCUT2D eigenvalue weighted by molar-refractivity contribution is -0.125. The number of ether oxygens (including phenoxy) is 1. The van der Waals surface area contributed by atoms with E-state index in [1.165, 1.54) is 0 Å². The van der Waals surface area contributed by atoms with E-state index in [1.54, 1.807) is 13.4 Å².